The predicted octanol–water partition coefficient (Wildman–Crippen LogP) is 2.58. The molecule has 0 bridgehead atoms. The van der Waals surface area contributed by atoms with E-state index in [0.717, 1.165) is 5.56 Å². The second-order valence-corrected chi connectivity index (χ2v) is 5.60. The molecule has 2 rings (SSSR count). The van der Waals surface area contributed by atoms with Crippen molar-refractivity contribution in [3.63, 3.8) is 0 Å². The molecular weight excluding hydrogens is 320 g/mol. The topological polar surface area (TPSA) is 87.7 Å². The number of anilines is 2. The fourth-order valence-corrected chi connectivity index (χ4v) is 2.25. The molecule has 6 nitrogen and oxygen atoms in total. The second kappa shape index (κ2) is 8.84. The number of carbonyl (C=O) groups is 2. The molecule has 0 aliphatic rings. The Morgan fingerprint density at radius 2 is 1.92 bits per heavy atom. The van der Waals surface area contributed by atoms with E-state index < -0.39 is 18.0 Å². The molecule has 0 unspecified atom stereocenters. The fourth-order valence-electron chi connectivity index (χ4n) is 2.25. The molecule has 6 heteroatoms. The lowest BCUT2D eigenvalue weighted by Crippen LogP contribution is -2.30. The SMILES string of the molecule is Cc1cccc(NC(=O)[C@@H](C)OC(=O)c2ccccc2NCCO)c1. The van der Waals surface area contributed by atoms with Crippen molar-refractivity contribution < 1.29 is 19.4 Å². The molecule has 25 heavy (non-hydrogen) atoms. The van der Waals surface area contributed by atoms with Gasteiger partial charge >= 0.3 is 5.97 Å². The number of aryl methyl sites for hydroxylation is 1. The lowest BCUT2D eigenvalue weighted by atomic mass is 10.1. The lowest BCUT2D eigenvalue weighted by Gasteiger charge is -2.15. The molecular formula is C19H22N2O4. The molecule has 0 fully saturated rings. The van der Waals surface area contributed by atoms with Crippen LogP contribution in [-0.2, 0) is 9.53 Å². The molecule has 0 aliphatic heterocycles. The lowest BCUT2D eigenvalue weighted by molar-refractivity contribution is -0.123. The van der Waals surface area contributed by atoms with E-state index in [0.29, 0.717) is 23.5 Å². The van der Waals surface area contributed by atoms with Crippen LogP contribution in [0.4, 0.5) is 11.4 Å². The number of nitrogens with one attached hydrogen (secondary N) is 2. The normalized spacial score (nSPS) is 11.5. The summed E-state index contributed by atoms with van der Waals surface area (Å²) >= 11 is 0. The smallest absolute Gasteiger partial charge is 0.341 e. The van der Waals surface area contributed by atoms with E-state index in [1.165, 1.54) is 6.92 Å². The number of carbonyl (C=O) groups excluding carboxylic acids is 2. The van der Waals surface area contributed by atoms with Gasteiger partial charge in [-0.3, -0.25) is 4.79 Å². The Bertz CT molecular complexity index is 746. The summed E-state index contributed by atoms with van der Waals surface area (Å²) in [7, 11) is 0. The number of ether oxygens (including phenoxy) is 1. The first-order chi connectivity index (χ1) is 12.0. The summed E-state index contributed by atoms with van der Waals surface area (Å²) in [6.45, 7) is 3.70. The van der Waals surface area contributed by atoms with Crippen LogP contribution in [0.1, 0.15) is 22.8 Å². The average molecular weight is 342 g/mol. The fraction of sp³-hybridized carbons (Fsp3) is 0.263. The van der Waals surface area contributed by atoms with Crippen molar-refractivity contribution in [2.24, 2.45) is 0 Å². The van der Waals surface area contributed by atoms with E-state index in [4.69, 9.17) is 9.84 Å². The van der Waals surface area contributed by atoms with Crippen LogP contribution >= 0.6 is 0 Å². The summed E-state index contributed by atoms with van der Waals surface area (Å²) in [5, 5.41) is 14.6. The van der Waals surface area contributed by atoms with Crippen LogP contribution in [0.3, 0.4) is 0 Å². The van der Waals surface area contributed by atoms with Crippen LogP contribution in [0.15, 0.2) is 48.5 Å². The molecule has 2 aromatic rings. The van der Waals surface area contributed by atoms with Gasteiger partial charge in [-0.1, -0.05) is 24.3 Å². The van der Waals surface area contributed by atoms with Crippen molar-refractivity contribution in [3.8, 4) is 0 Å². The van der Waals surface area contributed by atoms with Gasteiger partial charge in [-0.15, -0.1) is 0 Å². The Balaban J connectivity index is 2.01. The molecule has 1 atom stereocenters. The molecule has 3 N–H and O–H groups in total. The summed E-state index contributed by atoms with van der Waals surface area (Å²) in [6.07, 6.45) is -0.945. The van der Waals surface area contributed by atoms with Crippen molar-refractivity contribution in [3.05, 3.63) is 59.7 Å². The molecule has 0 aromatic heterocycles. The maximum atomic E-state index is 12.3. The molecule has 0 saturated carbocycles. The summed E-state index contributed by atoms with van der Waals surface area (Å²) in [5.74, 6) is -1.01. The van der Waals surface area contributed by atoms with Gasteiger partial charge in [0.2, 0.25) is 0 Å². The summed E-state index contributed by atoms with van der Waals surface area (Å²) in [5.41, 5.74) is 2.53. The molecule has 0 spiro atoms. The second-order valence-electron chi connectivity index (χ2n) is 5.60. The van der Waals surface area contributed by atoms with Crippen LogP contribution in [0, 0.1) is 6.92 Å². The minimum Gasteiger partial charge on any atom is -0.449 e. The highest BCUT2D eigenvalue weighted by molar-refractivity contribution is 5.99. The van der Waals surface area contributed by atoms with Gasteiger partial charge in [0.25, 0.3) is 5.91 Å². The number of aliphatic hydroxyl groups excluding tert-OH is 1. The van der Waals surface area contributed by atoms with Crippen LogP contribution in [0.2, 0.25) is 0 Å². The third-order valence-electron chi connectivity index (χ3n) is 3.51. The maximum absolute atomic E-state index is 12.3. The zero-order valence-corrected chi connectivity index (χ0v) is 14.3. The van der Waals surface area contributed by atoms with E-state index in [1.54, 1.807) is 30.3 Å². The first kappa shape index (κ1) is 18.5. The van der Waals surface area contributed by atoms with Gasteiger partial charge in [-0.05, 0) is 43.7 Å². The first-order valence-corrected chi connectivity index (χ1v) is 8.03. The Kier molecular flexibility index (Phi) is 6.54. The van der Waals surface area contributed by atoms with Crippen LogP contribution in [-0.4, -0.2) is 36.2 Å². The van der Waals surface area contributed by atoms with Gasteiger partial charge < -0.3 is 20.5 Å². The van der Waals surface area contributed by atoms with E-state index in [-0.39, 0.29) is 6.61 Å². The van der Waals surface area contributed by atoms with Gasteiger partial charge in [-0.25, -0.2) is 4.79 Å². The number of para-hydroxylation sites is 1. The molecule has 0 heterocycles. The van der Waals surface area contributed by atoms with Crippen molar-refractivity contribution in [1.29, 1.82) is 0 Å². The highest BCUT2D eigenvalue weighted by Crippen LogP contribution is 2.17. The van der Waals surface area contributed by atoms with E-state index in [1.807, 2.05) is 25.1 Å². The highest BCUT2D eigenvalue weighted by atomic mass is 16.5. The number of aliphatic hydroxyl groups is 1. The minimum atomic E-state index is -0.945. The standard InChI is InChI=1S/C19H22N2O4/c1-13-6-5-7-15(12-13)21-18(23)14(2)25-19(24)16-8-3-4-9-17(16)20-10-11-22/h3-9,12,14,20,22H,10-11H2,1-2H3,(H,21,23)/t14-/m1/s1. The number of esters is 1. The maximum Gasteiger partial charge on any atom is 0.341 e. The van der Waals surface area contributed by atoms with E-state index >= 15 is 0 Å². The molecule has 132 valence electrons. The van der Waals surface area contributed by atoms with Crippen LogP contribution in [0.5, 0.6) is 0 Å². The molecule has 0 radical (unpaired) electrons. The summed E-state index contributed by atoms with van der Waals surface area (Å²) in [4.78, 5) is 24.6. The number of hydrogen-bond acceptors (Lipinski definition) is 5. The van der Waals surface area contributed by atoms with Crippen molar-refractivity contribution in [2.45, 2.75) is 20.0 Å². The first-order valence-electron chi connectivity index (χ1n) is 8.03. The largest absolute Gasteiger partial charge is 0.449 e. The average Bonchev–Trinajstić information content (AvgIpc) is 2.60. The Labute approximate surface area is 146 Å². The van der Waals surface area contributed by atoms with Crippen LogP contribution < -0.4 is 10.6 Å². The van der Waals surface area contributed by atoms with E-state index in [9.17, 15) is 9.59 Å². The van der Waals surface area contributed by atoms with Gasteiger partial charge in [0, 0.05) is 17.9 Å². The Hall–Kier alpha value is -2.86. The van der Waals surface area contributed by atoms with Crippen molar-refractivity contribution in [1.82, 2.24) is 0 Å². The van der Waals surface area contributed by atoms with E-state index in [2.05, 4.69) is 10.6 Å². The number of hydrogen-bond donors (Lipinski definition) is 3. The molecule has 0 aliphatic carbocycles. The highest BCUT2D eigenvalue weighted by Gasteiger charge is 2.20. The van der Waals surface area contributed by atoms with Gasteiger partial charge in [0.15, 0.2) is 6.10 Å². The van der Waals surface area contributed by atoms with Gasteiger partial charge in [-0.2, -0.15) is 0 Å². The van der Waals surface area contributed by atoms with Crippen molar-refractivity contribution >= 4 is 23.3 Å². The Morgan fingerprint density at radius 1 is 1.16 bits per heavy atom. The third kappa shape index (κ3) is 5.32. The molecule has 0 saturated heterocycles. The van der Waals surface area contributed by atoms with Crippen molar-refractivity contribution in [2.75, 3.05) is 23.8 Å². The summed E-state index contributed by atoms with van der Waals surface area (Å²) in [6, 6.07) is 14.2. The summed E-state index contributed by atoms with van der Waals surface area (Å²) < 4.78 is 5.27. The van der Waals surface area contributed by atoms with Crippen LogP contribution in [0.25, 0.3) is 0 Å². The number of benzene rings is 2. The predicted molar refractivity (Wildman–Crippen MR) is 96.7 cm³/mol. The molecule has 2 aromatic carbocycles. The number of amides is 1. The minimum absolute atomic E-state index is 0.0569. The molecule has 1 amide bonds. The van der Waals surface area contributed by atoms with Gasteiger partial charge in [0.05, 0.1) is 12.2 Å². The number of rotatable bonds is 7. The Morgan fingerprint density at radius 3 is 2.64 bits per heavy atom. The zero-order chi connectivity index (χ0) is 18.2. The zero-order valence-electron chi connectivity index (χ0n) is 14.3. The quantitative estimate of drug-likeness (QED) is 0.673. The third-order valence-corrected chi connectivity index (χ3v) is 3.51. The monoisotopic (exact) mass is 342 g/mol. The van der Waals surface area contributed by atoms with Gasteiger partial charge in [0.1, 0.15) is 0 Å².